The maximum absolute atomic E-state index is 5.46. The third-order valence-electron chi connectivity index (χ3n) is 1.56. The van der Waals surface area contributed by atoms with E-state index in [1.807, 2.05) is 6.92 Å². The van der Waals surface area contributed by atoms with Crippen LogP contribution in [0.25, 0.3) is 0 Å². The van der Waals surface area contributed by atoms with E-state index in [1.54, 1.807) is 0 Å². The first kappa shape index (κ1) is 10.9. The Labute approximate surface area is 69.9 Å². The summed E-state index contributed by atoms with van der Waals surface area (Å²) >= 11 is 0. The predicted molar refractivity (Wildman–Crippen MR) is 46.5 cm³/mol. The van der Waals surface area contributed by atoms with Crippen molar-refractivity contribution in [3.05, 3.63) is 6.92 Å². The van der Waals surface area contributed by atoms with Gasteiger partial charge in [0.2, 0.25) is 0 Å². The van der Waals surface area contributed by atoms with Crippen LogP contribution in [0.3, 0.4) is 0 Å². The van der Waals surface area contributed by atoms with Gasteiger partial charge in [-0.1, -0.05) is 13.8 Å². The van der Waals surface area contributed by atoms with Gasteiger partial charge in [-0.15, -0.1) is 0 Å². The fraction of sp³-hybridized carbons (Fsp3) is 0.889. The number of hydrogen-bond donors (Lipinski definition) is 0. The van der Waals surface area contributed by atoms with Crippen LogP contribution in [-0.4, -0.2) is 25.9 Å². The van der Waals surface area contributed by atoms with Gasteiger partial charge in [-0.05, 0) is 19.8 Å². The Morgan fingerprint density at radius 1 is 1.27 bits per heavy atom. The van der Waals surface area contributed by atoms with Gasteiger partial charge >= 0.3 is 0 Å². The topological polar surface area (TPSA) is 18.5 Å². The zero-order valence-corrected chi connectivity index (χ0v) is 7.64. The van der Waals surface area contributed by atoms with E-state index in [0.29, 0.717) is 19.3 Å². The molecule has 2 nitrogen and oxygen atoms in total. The average Bonchev–Trinajstić information content (AvgIpc) is 2.05. The summed E-state index contributed by atoms with van der Waals surface area (Å²) in [4.78, 5) is 0. The Hall–Kier alpha value is -0.0800. The highest BCUT2D eigenvalue weighted by Crippen LogP contribution is 2.01. The van der Waals surface area contributed by atoms with Gasteiger partial charge in [-0.3, -0.25) is 0 Å². The van der Waals surface area contributed by atoms with Crippen molar-refractivity contribution >= 4 is 0 Å². The third-order valence-corrected chi connectivity index (χ3v) is 1.56. The molecule has 0 aromatic rings. The third kappa shape index (κ3) is 6.32. The molecule has 1 radical (unpaired) electrons. The van der Waals surface area contributed by atoms with Crippen LogP contribution in [-0.2, 0) is 9.47 Å². The summed E-state index contributed by atoms with van der Waals surface area (Å²) in [5, 5.41) is 0. The minimum atomic E-state index is 0.315. The van der Waals surface area contributed by atoms with Crippen molar-refractivity contribution in [2.75, 3.05) is 19.8 Å². The molecule has 1 unspecified atom stereocenters. The zero-order chi connectivity index (χ0) is 8.53. The maximum atomic E-state index is 5.46. The fourth-order valence-electron chi connectivity index (χ4n) is 0.823. The molecule has 0 aromatic carbocycles. The normalized spacial score (nSPS) is 10.9. The van der Waals surface area contributed by atoms with Gasteiger partial charge in [0.05, 0.1) is 19.3 Å². The second-order valence-electron chi connectivity index (χ2n) is 2.39. The summed E-state index contributed by atoms with van der Waals surface area (Å²) in [6, 6.07) is 0. The van der Waals surface area contributed by atoms with Crippen LogP contribution in [0.5, 0.6) is 0 Å². The Balaban J connectivity index is 3.07. The van der Waals surface area contributed by atoms with E-state index in [0.717, 1.165) is 19.4 Å². The van der Waals surface area contributed by atoms with Crippen LogP contribution < -0.4 is 0 Å². The summed E-state index contributed by atoms with van der Waals surface area (Å²) in [6.45, 7) is 10.0. The minimum absolute atomic E-state index is 0.315. The lowest BCUT2D eigenvalue weighted by Gasteiger charge is -2.13. The second kappa shape index (κ2) is 8.02. The SMILES string of the molecule is [CH2]CC(CC)OCCOCC. The van der Waals surface area contributed by atoms with E-state index in [1.165, 1.54) is 0 Å². The van der Waals surface area contributed by atoms with Crippen molar-refractivity contribution in [1.29, 1.82) is 0 Å². The standard InChI is InChI=1S/C9H19O2/c1-4-9(5-2)11-8-7-10-6-3/h9H,1,4-8H2,2-3H3. The highest BCUT2D eigenvalue weighted by molar-refractivity contribution is 4.55. The van der Waals surface area contributed by atoms with Crippen molar-refractivity contribution in [2.24, 2.45) is 0 Å². The second-order valence-corrected chi connectivity index (χ2v) is 2.39. The van der Waals surface area contributed by atoms with Crippen molar-refractivity contribution in [3.63, 3.8) is 0 Å². The molecule has 0 heterocycles. The minimum Gasteiger partial charge on any atom is -0.379 e. The molecular formula is C9H19O2. The van der Waals surface area contributed by atoms with E-state index in [-0.39, 0.29) is 0 Å². The molecule has 2 heteroatoms. The largest absolute Gasteiger partial charge is 0.379 e. The van der Waals surface area contributed by atoms with Crippen LogP contribution >= 0.6 is 0 Å². The van der Waals surface area contributed by atoms with E-state index in [4.69, 9.17) is 9.47 Å². The van der Waals surface area contributed by atoms with Gasteiger partial charge in [-0.25, -0.2) is 0 Å². The van der Waals surface area contributed by atoms with Crippen molar-refractivity contribution in [2.45, 2.75) is 32.8 Å². The lowest BCUT2D eigenvalue weighted by atomic mass is 10.2. The van der Waals surface area contributed by atoms with E-state index >= 15 is 0 Å². The first-order valence-corrected chi connectivity index (χ1v) is 4.33. The Bertz CT molecular complexity index is 70.0. The molecule has 0 saturated heterocycles. The molecule has 0 fully saturated rings. The summed E-state index contributed by atoms with van der Waals surface area (Å²) in [7, 11) is 0. The first-order chi connectivity index (χ1) is 5.35. The predicted octanol–water partition coefficient (Wildman–Crippen LogP) is 2.04. The Morgan fingerprint density at radius 3 is 2.45 bits per heavy atom. The summed E-state index contributed by atoms with van der Waals surface area (Å²) in [5.41, 5.74) is 0. The maximum Gasteiger partial charge on any atom is 0.0704 e. The molecule has 0 N–H and O–H groups in total. The molecule has 0 amide bonds. The molecule has 0 aliphatic heterocycles. The highest BCUT2D eigenvalue weighted by Gasteiger charge is 2.01. The Kier molecular flexibility index (Phi) is 7.96. The number of rotatable bonds is 7. The van der Waals surface area contributed by atoms with Crippen LogP contribution in [0.15, 0.2) is 0 Å². The van der Waals surface area contributed by atoms with Crippen LogP contribution in [0.2, 0.25) is 0 Å². The lowest BCUT2D eigenvalue weighted by molar-refractivity contribution is 0.00715. The first-order valence-electron chi connectivity index (χ1n) is 4.33. The van der Waals surface area contributed by atoms with Crippen LogP contribution in [0, 0.1) is 6.92 Å². The molecular weight excluding hydrogens is 140 g/mol. The average molecular weight is 159 g/mol. The van der Waals surface area contributed by atoms with E-state index in [9.17, 15) is 0 Å². The number of hydrogen-bond acceptors (Lipinski definition) is 2. The molecule has 0 spiro atoms. The molecule has 0 aliphatic rings. The zero-order valence-electron chi connectivity index (χ0n) is 7.64. The van der Waals surface area contributed by atoms with Crippen LogP contribution in [0.4, 0.5) is 0 Å². The van der Waals surface area contributed by atoms with Crippen LogP contribution in [0.1, 0.15) is 26.7 Å². The van der Waals surface area contributed by atoms with E-state index < -0.39 is 0 Å². The molecule has 0 saturated carbocycles. The van der Waals surface area contributed by atoms with E-state index in [2.05, 4.69) is 13.8 Å². The highest BCUT2D eigenvalue weighted by atomic mass is 16.5. The molecule has 67 valence electrons. The fourth-order valence-corrected chi connectivity index (χ4v) is 0.823. The monoisotopic (exact) mass is 159 g/mol. The summed E-state index contributed by atoms with van der Waals surface area (Å²) in [6.07, 6.45) is 2.20. The summed E-state index contributed by atoms with van der Waals surface area (Å²) in [5.74, 6) is 0. The van der Waals surface area contributed by atoms with Gasteiger partial charge in [0.15, 0.2) is 0 Å². The van der Waals surface area contributed by atoms with Gasteiger partial charge in [0, 0.05) is 6.61 Å². The van der Waals surface area contributed by atoms with Gasteiger partial charge in [-0.2, -0.15) is 0 Å². The van der Waals surface area contributed by atoms with Gasteiger partial charge in [0.25, 0.3) is 0 Å². The van der Waals surface area contributed by atoms with Crippen molar-refractivity contribution < 1.29 is 9.47 Å². The van der Waals surface area contributed by atoms with Crippen molar-refractivity contribution in [1.82, 2.24) is 0 Å². The molecule has 0 rings (SSSR count). The Morgan fingerprint density at radius 2 is 2.00 bits per heavy atom. The summed E-state index contributed by atoms with van der Waals surface area (Å²) < 4.78 is 10.6. The molecule has 0 bridgehead atoms. The molecule has 0 aromatic heterocycles. The molecule has 11 heavy (non-hydrogen) atoms. The smallest absolute Gasteiger partial charge is 0.0704 e. The molecule has 1 atom stereocenters. The molecule has 0 aliphatic carbocycles. The van der Waals surface area contributed by atoms with Crippen molar-refractivity contribution in [3.8, 4) is 0 Å². The quantitative estimate of drug-likeness (QED) is 0.529. The number of ether oxygens (including phenoxy) is 2. The van der Waals surface area contributed by atoms with Gasteiger partial charge < -0.3 is 9.47 Å². The van der Waals surface area contributed by atoms with Gasteiger partial charge in [0.1, 0.15) is 0 Å². The lowest BCUT2D eigenvalue weighted by Crippen LogP contribution is -2.14.